The fourth-order valence-corrected chi connectivity index (χ4v) is 3.42. The summed E-state index contributed by atoms with van der Waals surface area (Å²) in [5.41, 5.74) is 13.8. The second-order valence-electron chi connectivity index (χ2n) is 7.16. The van der Waals surface area contributed by atoms with Gasteiger partial charge in [-0.3, -0.25) is 4.99 Å². The van der Waals surface area contributed by atoms with Crippen LogP contribution in [0.2, 0.25) is 5.02 Å². The zero-order valence-electron chi connectivity index (χ0n) is 17.7. The lowest BCUT2D eigenvalue weighted by molar-refractivity contribution is 0.227. The number of ether oxygens (including phenoxy) is 1. The van der Waals surface area contributed by atoms with Crippen LogP contribution in [-0.4, -0.2) is 17.2 Å². The number of hydrogen-bond acceptors (Lipinski definition) is 5. The minimum absolute atomic E-state index is 0.223. The standard InChI is InChI=1S/C23H30ClFN4O/c1-4-6-19(7-5-2)28-14-17(12-26)16-10-22(23(27)29-13-16)30-15(3)20-11-18(25)8-9-21(20)24/h8-15,19H,4-7,26H2,1-3H3,(H2,27,29). The first-order valence-corrected chi connectivity index (χ1v) is 10.6. The van der Waals surface area contributed by atoms with Gasteiger partial charge in [-0.1, -0.05) is 38.3 Å². The molecule has 2 aromatic rings. The molecule has 0 radical (unpaired) electrons. The molecule has 4 N–H and O–H groups in total. The van der Waals surface area contributed by atoms with E-state index in [0.29, 0.717) is 16.3 Å². The molecule has 1 heterocycles. The summed E-state index contributed by atoms with van der Waals surface area (Å²) < 4.78 is 19.6. The molecule has 162 valence electrons. The van der Waals surface area contributed by atoms with Crippen LogP contribution in [0.4, 0.5) is 10.2 Å². The number of rotatable bonds is 10. The molecule has 0 aliphatic heterocycles. The molecule has 2 rings (SSSR count). The van der Waals surface area contributed by atoms with Crippen molar-refractivity contribution in [3.8, 4) is 5.75 Å². The normalized spacial score (nSPS) is 13.2. The van der Waals surface area contributed by atoms with Crippen LogP contribution in [0.25, 0.3) is 5.57 Å². The maximum atomic E-state index is 13.6. The fraction of sp³-hybridized carbons (Fsp3) is 0.391. The van der Waals surface area contributed by atoms with Gasteiger partial charge in [-0.15, -0.1) is 0 Å². The number of hydrogen-bond donors (Lipinski definition) is 2. The molecule has 0 spiro atoms. The van der Waals surface area contributed by atoms with Crippen molar-refractivity contribution in [2.75, 3.05) is 5.73 Å². The van der Waals surface area contributed by atoms with E-state index in [-0.39, 0.29) is 17.7 Å². The van der Waals surface area contributed by atoms with Crippen LogP contribution in [0, 0.1) is 5.82 Å². The summed E-state index contributed by atoms with van der Waals surface area (Å²) in [5.74, 6) is 0.205. The third-order valence-electron chi connectivity index (χ3n) is 4.76. The van der Waals surface area contributed by atoms with Gasteiger partial charge in [-0.25, -0.2) is 9.37 Å². The summed E-state index contributed by atoms with van der Waals surface area (Å²) in [5, 5.41) is 0.416. The van der Waals surface area contributed by atoms with Gasteiger partial charge in [0.1, 0.15) is 11.9 Å². The molecule has 1 unspecified atom stereocenters. The van der Waals surface area contributed by atoms with E-state index in [1.165, 1.54) is 24.4 Å². The number of anilines is 1. The molecule has 0 aliphatic carbocycles. The maximum absolute atomic E-state index is 13.6. The Bertz CT molecular complexity index is 895. The van der Waals surface area contributed by atoms with Crippen LogP contribution < -0.4 is 16.2 Å². The van der Waals surface area contributed by atoms with Gasteiger partial charge in [-0.05, 0) is 44.0 Å². The molecule has 0 saturated carbocycles. The van der Waals surface area contributed by atoms with Crippen molar-refractivity contribution >= 4 is 29.2 Å². The highest BCUT2D eigenvalue weighted by Gasteiger charge is 2.16. The Balaban J connectivity index is 2.25. The Hall–Kier alpha value is -2.60. The van der Waals surface area contributed by atoms with Crippen molar-refractivity contribution in [1.29, 1.82) is 0 Å². The highest BCUT2D eigenvalue weighted by atomic mass is 35.5. The van der Waals surface area contributed by atoms with Crippen molar-refractivity contribution in [3.63, 3.8) is 0 Å². The van der Waals surface area contributed by atoms with Crippen LogP contribution >= 0.6 is 11.6 Å². The molecular formula is C23H30ClFN4O. The van der Waals surface area contributed by atoms with E-state index < -0.39 is 6.10 Å². The highest BCUT2D eigenvalue weighted by molar-refractivity contribution is 6.31. The van der Waals surface area contributed by atoms with Gasteiger partial charge in [0, 0.05) is 46.4 Å². The van der Waals surface area contributed by atoms with E-state index in [1.807, 2.05) is 0 Å². The Morgan fingerprint density at radius 3 is 2.60 bits per heavy atom. The molecule has 0 amide bonds. The van der Waals surface area contributed by atoms with E-state index in [4.69, 9.17) is 32.8 Å². The van der Waals surface area contributed by atoms with E-state index >= 15 is 0 Å². The predicted molar refractivity (Wildman–Crippen MR) is 123 cm³/mol. The summed E-state index contributed by atoms with van der Waals surface area (Å²) in [6.07, 6.45) is 8.58. The van der Waals surface area contributed by atoms with Crippen molar-refractivity contribution in [2.45, 2.75) is 58.6 Å². The second kappa shape index (κ2) is 11.6. The van der Waals surface area contributed by atoms with Gasteiger partial charge in [0.15, 0.2) is 11.6 Å². The first-order chi connectivity index (χ1) is 14.4. The van der Waals surface area contributed by atoms with Crippen molar-refractivity contribution < 1.29 is 9.13 Å². The summed E-state index contributed by atoms with van der Waals surface area (Å²) in [4.78, 5) is 8.92. The monoisotopic (exact) mass is 432 g/mol. The van der Waals surface area contributed by atoms with E-state index in [9.17, 15) is 4.39 Å². The number of aromatic nitrogens is 1. The Morgan fingerprint density at radius 2 is 1.97 bits per heavy atom. The number of aliphatic imine (C=N–C) groups is 1. The zero-order chi connectivity index (χ0) is 22.1. The molecule has 0 saturated heterocycles. The summed E-state index contributed by atoms with van der Waals surface area (Å²) >= 11 is 6.19. The van der Waals surface area contributed by atoms with Gasteiger partial charge in [0.25, 0.3) is 0 Å². The third kappa shape index (κ3) is 6.46. The zero-order valence-corrected chi connectivity index (χ0v) is 18.5. The molecule has 7 heteroatoms. The number of allylic oxidation sites excluding steroid dienone is 1. The van der Waals surface area contributed by atoms with Crippen LogP contribution in [0.15, 0.2) is 41.7 Å². The summed E-state index contributed by atoms with van der Waals surface area (Å²) in [7, 11) is 0. The lowest BCUT2D eigenvalue weighted by Gasteiger charge is -2.18. The predicted octanol–water partition coefficient (Wildman–Crippen LogP) is 5.94. The Labute approximate surface area is 183 Å². The highest BCUT2D eigenvalue weighted by Crippen LogP contribution is 2.31. The maximum Gasteiger partial charge on any atom is 0.166 e. The molecular weight excluding hydrogens is 403 g/mol. The average molecular weight is 433 g/mol. The van der Waals surface area contributed by atoms with E-state index in [1.54, 1.807) is 25.4 Å². The minimum Gasteiger partial charge on any atom is -0.482 e. The molecule has 0 fully saturated rings. The molecule has 30 heavy (non-hydrogen) atoms. The van der Waals surface area contributed by atoms with Crippen LogP contribution in [0.5, 0.6) is 5.75 Å². The van der Waals surface area contributed by atoms with Crippen LogP contribution in [-0.2, 0) is 0 Å². The number of nitrogens with two attached hydrogens (primary N) is 2. The van der Waals surface area contributed by atoms with Crippen molar-refractivity contribution in [2.24, 2.45) is 10.7 Å². The molecule has 1 aromatic carbocycles. The first kappa shape index (κ1) is 23.7. The lowest BCUT2D eigenvalue weighted by atomic mass is 10.1. The number of nitrogen functional groups attached to an aromatic ring is 1. The molecule has 0 bridgehead atoms. The number of nitrogens with zero attached hydrogens (tertiary/aromatic N) is 2. The van der Waals surface area contributed by atoms with Gasteiger partial charge in [0.05, 0.1) is 0 Å². The molecule has 0 aliphatic rings. The fourth-order valence-electron chi connectivity index (χ4n) is 3.15. The van der Waals surface area contributed by atoms with E-state index in [0.717, 1.165) is 36.8 Å². The molecule has 1 aromatic heterocycles. The minimum atomic E-state index is -0.523. The van der Waals surface area contributed by atoms with Crippen LogP contribution in [0.1, 0.15) is 63.7 Å². The van der Waals surface area contributed by atoms with Crippen molar-refractivity contribution in [3.05, 3.63) is 58.6 Å². The quantitative estimate of drug-likeness (QED) is 0.455. The van der Waals surface area contributed by atoms with Gasteiger partial charge in [0.2, 0.25) is 0 Å². The Kier molecular flexibility index (Phi) is 9.12. The Morgan fingerprint density at radius 1 is 1.27 bits per heavy atom. The van der Waals surface area contributed by atoms with Crippen LogP contribution in [0.3, 0.4) is 0 Å². The summed E-state index contributed by atoms with van der Waals surface area (Å²) in [6, 6.07) is 6.17. The average Bonchev–Trinajstić information content (AvgIpc) is 2.72. The van der Waals surface area contributed by atoms with Gasteiger partial charge < -0.3 is 16.2 Å². The van der Waals surface area contributed by atoms with Gasteiger partial charge in [-0.2, -0.15) is 0 Å². The van der Waals surface area contributed by atoms with Crippen molar-refractivity contribution in [1.82, 2.24) is 4.98 Å². The summed E-state index contributed by atoms with van der Waals surface area (Å²) in [6.45, 7) is 6.07. The largest absolute Gasteiger partial charge is 0.482 e. The van der Waals surface area contributed by atoms with E-state index in [2.05, 4.69) is 18.8 Å². The lowest BCUT2D eigenvalue weighted by Crippen LogP contribution is -2.08. The molecule has 1 atom stereocenters. The number of benzene rings is 1. The molecule has 5 nitrogen and oxygen atoms in total. The topological polar surface area (TPSA) is 86.5 Å². The van der Waals surface area contributed by atoms with Gasteiger partial charge >= 0.3 is 0 Å². The SMILES string of the molecule is CCCC(CCC)N=CC(=CN)c1cnc(N)c(OC(C)c2cc(F)ccc2Cl)c1. The smallest absolute Gasteiger partial charge is 0.166 e. The first-order valence-electron chi connectivity index (χ1n) is 10.2. The number of pyridine rings is 1. The number of halogens is 2. The third-order valence-corrected chi connectivity index (χ3v) is 5.11. The second-order valence-corrected chi connectivity index (χ2v) is 7.57.